The van der Waals surface area contributed by atoms with Crippen LogP contribution in [0.2, 0.25) is 0 Å². The molecule has 0 fully saturated rings. The van der Waals surface area contributed by atoms with Gasteiger partial charge in [-0.1, -0.05) is 0 Å². The summed E-state index contributed by atoms with van der Waals surface area (Å²) in [4.78, 5) is 18.8. The van der Waals surface area contributed by atoms with Crippen LogP contribution >= 0.6 is 0 Å². The second-order valence-corrected chi connectivity index (χ2v) is 5.54. The maximum atomic E-state index is 12.1. The minimum Gasteiger partial charge on any atom is -0.396 e. The third-order valence-corrected chi connectivity index (χ3v) is 3.51. The molecule has 2 rings (SSSR count). The Kier molecular flexibility index (Phi) is 5.47. The van der Waals surface area contributed by atoms with E-state index in [1.165, 1.54) is 0 Å². The maximum absolute atomic E-state index is 12.1. The molecule has 114 valence electrons. The molecule has 0 unspecified atom stereocenters. The molecule has 0 aliphatic carbocycles. The second-order valence-electron chi connectivity index (χ2n) is 5.54. The molecule has 0 saturated heterocycles. The summed E-state index contributed by atoms with van der Waals surface area (Å²) in [6.45, 7) is 3.85. The average molecular weight is 289 g/mol. The molecular formula is C16H23N3O2. The summed E-state index contributed by atoms with van der Waals surface area (Å²) in [6, 6.07) is 5.43. The maximum Gasteiger partial charge on any atom is 0.258 e. The Balaban J connectivity index is 2.06. The molecule has 0 spiro atoms. The fourth-order valence-electron chi connectivity index (χ4n) is 2.36. The lowest BCUT2D eigenvalue weighted by molar-refractivity contribution is 0.270. The van der Waals surface area contributed by atoms with Gasteiger partial charge >= 0.3 is 0 Å². The normalized spacial score (nSPS) is 11.4. The van der Waals surface area contributed by atoms with Gasteiger partial charge in [0.05, 0.1) is 5.69 Å². The Labute approximate surface area is 124 Å². The van der Waals surface area contributed by atoms with Crippen molar-refractivity contribution in [1.29, 1.82) is 0 Å². The monoisotopic (exact) mass is 289 g/mol. The SMILES string of the molecule is Cc1ccn2c(=O)cc(CN(C)CCCCCO)nc2c1. The standard InChI is InChI=1S/C16H23N3O2/c1-13-6-8-19-15(10-13)17-14(11-16(19)21)12-18(2)7-4-3-5-9-20/h6,8,10-11,20H,3-5,7,9,12H2,1-2H3. The summed E-state index contributed by atoms with van der Waals surface area (Å²) in [5.74, 6) is 0. The van der Waals surface area contributed by atoms with E-state index in [0.29, 0.717) is 12.2 Å². The van der Waals surface area contributed by atoms with E-state index in [2.05, 4.69) is 9.88 Å². The third-order valence-electron chi connectivity index (χ3n) is 3.51. The van der Waals surface area contributed by atoms with Gasteiger partial charge in [0.1, 0.15) is 5.65 Å². The van der Waals surface area contributed by atoms with Gasteiger partial charge in [-0.15, -0.1) is 0 Å². The number of hydrogen-bond donors (Lipinski definition) is 1. The highest BCUT2D eigenvalue weighted by molar-refractivity contribution is 5.41. The third kappa shape index (κ3) is 4.37. The highest BCUT2D eigenvalue weighted by atomic mass is 16.2. The van der Waals surface area contributed by atoms with Crippen LogP contribution in [-0.4, -0.2) is 39.6 Å². The van der Waals surface area contributed by atoms with E-state index in [0.717, 1.165) is 37.1 Å². The molecule has 1 N–H and O–H groups in total. The van der Waals surface area contributed by atoms with Crippen LogP contribution < -0.4 is 5.56 Å². The molecule has 0 bridgehead atoms. The fourth-order valence-corrected chi connectivity index (χ4v) is 2.36. The van der Waals surface area contributed by atoms with Crippen LogP contribution in [0.4, 0.5) is 0 Å². The summed E-state index contributed by atoms with van der Waals surface area (Å²) >= 11 is 0. The Hall–Kier alpha value is -1.72. The lowest BCUT2D eigenvalue weighted by Crippen LogP contribution is -2.23. The first kappa shape index (κ1) is 15.7. The van der Waals surface area contributed by atoms with Crippen molar-refractivity contribution >= 4 is 5.65 Å². The first-order valence-corrected chi connectivity index (χ1v) is 7.38. The lowest BCUT2D eigenvalue weighted by Gasteiger charge is -2.16. The number of aliphatic hydroxyl groups is 1. The summed E-state index contributed by atoms with van der Waals surface area (Å²) in [5, 5.41) is 8.76. The lowest BCUT2D eigenvalue weighted by atomic mass is 10.2. The molecule has 0 radical (unpaired) electrons. The summed E-state index contributed by atoms with van der Waals surface area (Å²) in [7, 11) is 2.03. The quantitative estimate of drug-likeness (QED) is 0.787. The zero-order valence-electron chi connectivity index (χ0n) is 12.7. The first-order chi connectivity index (χ1) is 10.1. The van der Waals surface area contributed by atoms with Crippen molar-refractivity contribution in [2.75, 3.05) is 20.2 Å². The van der Waals surface area contributed by atoms with Crippen LogP contribution in [0.25, 0.3) is 5.65 Å². The average Bonchev–Trinajstić information content (AvgIpc) is 2.43. The van der Waals surface area contributed by atoms with Crippen LogP contribution in [0.3, 0.4) is 0 Å². The molecule has 2 aromatic heterocycles. The molecular weight excluding hydrogens is 266 g/mol. The number of rotatable bonds is 7. The van der Waals surface area contributed by atoms with Crippen molar-refractivity contribution in [1.82, 2.24) is 14.3 Å². The van der Waals surface area contributed by atoms with Gasteiger partial charge in [0.2, 0.25) is 0 Å². The van der Waals surface area contributed by atoms with Crippen LogP contribution in [0, 0.1) is 6.92 Å². The van der Waals surface area contributed by atoms with Crippen LogP contribution in [0.1, 0.15) is 30.5 Å². The van der Waals surface area contributed by atoms with Gasteiger partial charge in [0.15, 0.2) is 0 Å². The molecule has 0 amide bonds. The number of unbranched alkanes of at least 4 members (excludes halogenated alkanes) is 2. The highest BCUT2D eigenvalue weighted by Gasteiger charge is 2.05. The van der Waals surface area contributed by atoms with E-state index in [1.54, 1.807) is 16.7 Å². The molecule has 0 aliphatic rings. The number of fused-ring (bicyclic) bond motifs is 1. The van der Waals surface area contributed by atoms with Crippen molar-refractivity contribution < 1.29 is 5.11 Å². The van der Waals surface area contributed by atoms with E-state index < -0.39 is 0 Å². The van der Waals surface area contributed by atoms with Crippen molar-refractivity contribution in [2.24, 2.45) is 0 Å². The topological polar surface area (TPSA) is 57.8 Å². The van der Waals surface area contributed by atoms with E-state index in [1.807, 2.05) is 26.1 Å². The van der Waals surface area contributed by atoms with Crippen LogP contribution in [0.15, 0.2) is 29.2 Å². The molecule has 0 aromatic carbocycles. The second kappa shape index (κ2) is 7.33. The summed E-state index contributed by atoms with van der Waals surface area (Å²) in [6.07, 6.45) is 4.68. The molecule has 5 nitrogen and oxygen atoms in total. The number of aliphatic hydroxyl groups excluding tert-OH is 1. The van der Waals surface area contributed by atoms with Gasteiger partial charge < -0.3 is 10.0 Å². The molecule has 2 aromatic rings. The molecule has 21 heavy (non-hydrogen) atoms. The number of pyridine rings is 1. The minimum absolute atomic E-state index is 0.0383. The first-order valence-electron chi connectivity index (χ1n) is 7.38. The fraction of sp³-hybridized carbons (Fsp3) is 0.500. The number of aryl methyl sites for hydroxylation is 1. The van der Waals surface area contributed by atoms with Gasteiger partial charge in [-0.3, -0.25) is 9.20 Å². The number of nitrogens with zero attached hydrogens (tertiary/aromatic N) is 3. The van der Waals surface area contributed by atoms with Crippen molar-refractivity contribution in [3.63, 3.8) is 0 Å². The summed E-state index contributed by atoms with van der Waals surface area (Å²) < 4.78 is 1.57. The largest absolute Gasteiger partial charge is 0.396 e. The van der Waals surface area contributed by atoms with Crippen LogP contribution in [-0.2, 0) is 6.54 Å². The Morgan fingerprint density at radius 2 is 2.10 bits per heavy atom. The smallest absolute Gasteiger partial charge is 0.258 e. The summed E-state index contributed by atoms with van der Waals surface area (Å²) in [5.41, 5.74) is 2.56. The van der Waals surface area contributed by atoms with Crippen LogP contribution in [0.5, 0.6) is 0 Å². The van der Waals surface area contributed by atoms with Gasteiger partial charge in [-0.05, 0) is 57.5 Å². The van der Waals surface area contributed by atoms with Crippen molar-refractivity contribution in [3.8, 4) is 0 Å². The molecule has 0 saturated carbocycles. The highest BCUT2D eigenvalue weighted by Crippen LogP contribution is 2.05. The molecule has 2 heterocycles. The predicted octanol–water partition coefficient (Wildman–Crippen LogP) is 1.60. The molecule has 0 atom stereocenters. The van der Waals surface area contributed by atoms with Gasteiger partial charge in [0.25, 0.3) is 5.56 Å². The van der Waals surface area contributed by atoms with E-state index in [-0.39, 0.29) is 12.2 Å². The van der Waals surface area contributed by atoms with Crippen molar-refractivity contribution in [2.45, 2.75) is 32.7 Å². The Bertz CT molecular complexity index is 652. The zero-order valence-corrected chi connectivity index (χ0v) is 12.7. The van der Waals surface area contributed by atoms with Crippen molar-refractivity contribution in [3.05, 3.63) is 46.0 Å². The Morgan fingerprint density at radius 3 is 2.86 bits per heavy atom. The van der Waals surface area contributed by atoms with Gasteiger partial charge in [-0.2, -0.15) is 0 Å². The zero-order chi connectivity index (χ0) is 15.2. The van der Waals surface area contributed by atoms with E-state index >= 15 is 0 Å². The Morgan fingerprint density at radius 1 is 1.29 bits per heavy atom. The van der Waals surface area contributed by atoms with E-state index in [9.17, 15) is 4.79 Å². The van der Waals surface area contributed by atoms with Gasteiger partial charge in [-0.25, -0.2) is 4.98 Å². The number of aromatic nitrogens is 2. The molecule has 0 aliphatic heterocycles. The number of hydrogen-bond acceptors (Lipinski definition) is 4. The van der Waals surface area contributed by atoms with Gasteiger partial charge in [0, 0.05) is 25.4 Å². The predicted molar refractivity (Wildman–Crippen MR) is 83.5 cm³/mol. The van der Waals surface area contributed by atoms with E-state index in [4.69, 9.17) is 5.11 Å². The molecule has 5 heteroatoms. The minimum atomic E-state index is -0.0383.